The zero-order valence-electron chi connectivity index (χ0n) is 11.5. The zero-order chi connectivity index (χ0) is 14.3. The van der Waals surface area contributed by atoms with Crippen molar-refractivity contribution in [2.75, 3.05) is 19.1 Å². The summed E-state index contributed by atoms with van der Waals surface area (Å²) in [5.41, 5.74) is 0.909. The Bertz CT molecular complexity index is 426. The lowest BCUT2D eigenvalue weighted by molar-refractivity contribution is -0.384. The molecule has 19 heavy (non-hydrogen) atoms. The quantitative estimate of drug-likeness (QED) is 0.587. The number of benzene rings is 1. The molecular weight excluding hydrogens is 264 g/mol. The zero-order valence-corrected chi connectivity index (χ0v) is 12.3. The molecule has 0 saturated heterocycles. The molecular formula is C13H20N2O3S. The van der Waals surface area contributed by atoms with Crippen LogP contribution in [0.2, 0.25) is 0 Å². The third kappa shape index (κ3) is 4.72. The van der Waals surface area contributed by atoms with Crippen molar-refractivity contribution in [1.29, 1.82) is 0 Å². The van der Waals surface area contributed by atoms with Crippen molar-refractivity contribution < 1.29 is 9.66 Å². The van der Waals surface area contributed by atoms with Crippen molar-refractivity contribution in [3.63, 3.8) is 0 Å². The first-order chi connectivity index (χ1) is 9.12. The number of thioether (sulfide) groups is 1. The fraction of sp³-hybridized carbons (Fsp3) is 0.538. The van der Waals surface area contributed by atoms with E-state index < -0.39 is 0 Å². The number of nitro groups is 1. The van der Waals surface area contributed by atoms with Gasteiger partial charge in [0.1, 0.15) is 5.75 Å². The van der Waals surface area contributed by atoms with E-state index in [1.54, 1.807) is 31.0 Å². The normalized spacial score (nSPS) is 12.2. The highest BCUT2D eigenvalue weighted by Crippen LogP contribution is 2.24. The van der Waals surface area contributed by atoms with Gasteiger partial charge in [0.2, 0.25) is 0 Å². The van der Waals surface area contributed by atoms with Crippen molar-refractivity contribution in [3.8, 4) is 5.75 Å². The van der Waals surface area contributed by atoms with Crippen molar-refractivity contribution in [2.45, 2.75) is 25.9 Å². The number of nitro benzene ring substituents is 1. The summed E-state index contributed by atoms with van der Waals surface area (Å²) in [6.07, 6.45) is 3.09. The van der Waals surface area contributed by atoms with Gasteiger partial charge in [-0.25, -0.2) is 0 Å². The molecule has 0 saturated carbocycles. The first kappa shape index (κ1) is 15.8. The van der Waals surface area contributed by atoms with Crippen molar-refractivity contribution in [1.82, 2.24) is 5.32 Å². The Morgan fingerprint density at radius 2 is 2.26 bits per heavy atom. The van der Waals surface area contributed by atoms with Gasteiger partial charge >= 0.3 is 0 Å². The minimum absolute atomic E-state index is 0.0931. The molecule has 1 N–H and O–H groups in total. The number of rotatable bonds is 8. The minimum atomic E-state index is -0.387. The average Bonchev–Trinajstić information content (AvgIpc) is 2.42. The molecule has 1 rings (SSSR count). The summed E-state index contributed by atoms with van der Waals surface area (Å²) in [6, 6.07) is 5.07. The molecule has 5 nitrogen and oxygen atoms in total. The average molecular weight is 284 g/mol. The Kier molecular flexibility index (Phi) is 6.66. The van der Waals surface area contributed by atoms with Crippen LogP contribution in [0.25, 0.3) is 0 Å². The largest absolute Gasteiger partial charge is 0.496 e. The lowest BCUT2D eigenvalue weighted by atomic mass is 10.1. The van der Waals surface area contributed by atoms with Crippen molar-refractivity contribution >= 4 is 17.4 Å². The molecule has 106 valence electrons. The number of non-ortho nitro benzene ring substituents is 1. The van der Waals surface area contributed by atoms with Crippen LogP contribution in [-0.2, 0) is 6.54 Å². The molecule has 0 spiro atoms. The highest BCUT2D eigenvalue weighted by Gasteiger charge is 2.12. The maximum absolute atomic E-state index is 10.8. The summed E-state index contributed by atoms with van der Waals surface area (Å²) in [4.78, 5) is 10.4. The predicted molar refractivity (Wildman–Crippen MR) is 78.9 cm³/mol. The van der Waals surface area contributed by atoms with Gasteiger partial charge in [0.15, 0.2) is 0 Å². The van der Waals surface area contributed by atoms with Crippen LogP contribution in [0.5, 0.6) is 5.75 Å². The van der Waals surface area contributed by atoms with Crippen LogP contribution in [0.3, 0.4) is 0 Å². The monoisotopic (exact) mass is 284 g/mol. The molecule has 0 radical (unpaired) electrons. The lowest BCUT2D eigenvalue weighted by Gasteiger charge is -2.16. The molecule has 1 aromatic carbocycles. The Morgan fingerprint density at radius 1 is 1.53 bits per heavy atom. The summed E-state index contributed by atoms with van der Waals surface area (Å²) in [6.45, 7) is 2.70. The third-order valence-corrected chi connectivity index (χ3v) is 3.65. The molecule has 0 aliphatic heterocycles. The van der Waals surface area contributed by atoms with Crippen molar-refractivity contribution in [3.05, 3.63) is 33.9 Å². The summed E-state index contributed by atoms with van der Waals surface area (Å²) in [5, 5.41) is 14.2. The second-order valence-electron chi connectivity index (χ2n) is 4.19. The SMILES string of the molecule is CCC(CSC)NCc1cc([N+](=O)[O-])ccc1OC. The minimum Gasteiger partial charge on any atom is -0.496 e. The van der Waals surface area contributed by atoms with Crippen LogP contribution in [0.1, 0.15) is 18.9 Å². The maximum Gasteiger partial charge on any atom is 0.270 e. The Hall–Kier alpha value is -1.27. The van der Waals surface area contributed by atoms with Gasteiger partial charge in [-0.3, -0.25) is 10.1 Å². The van der Waals surface area contributed by atoms with Gasteiger partial charge in [0.25, 0.3) is 5.69 Å². The van der Waals surface area contributed by atoms with E-state index in [-0.39, 0.29) is 10.6 Å². The fourth-order valence-electron chi connectivity index (χ4n) is 1.79. The highest BCUT2D eigenvalue weighted by molar-refractivity contribution is 7.98. The summed E-state index contributed by atoms with van der Waals surface area (Å²) in [5.74, 6) is 1.70. The molecule has 6 heteroatoms. The number of hydrogen-bond donors (Lipinski definition) is 1. The second kappa shape index (κ2) is 8.01. The molecule has 1 atom stereocenters. The first-order valence-corrected chi connectivity index (χ1v) is 7.55. The van der Waals surface area contributed by atoms with Crippen LogP contribution < -0.4 is 10.1 Å². The van der Waals surface area contributed by atoms with Gasteiger partial charge in [-0.15, -0.1) is 0 Å². The van der Waals surface area contributed by atoms with E-state index in [0.29, 0.717) is 18.3 Å². The number of nitrogens with zero attached hydrogens (tertiary/aromatic N) is 1. The van der Waals surface area contributed by atoms with E-state index in [0.717, 1.165) is 17.7 Å². The van der Waals surface area contributed by atoms with Crippen LogP contribution >= 0.6 is 11.8 Å². The number of nitrogens with one attached hydrogen (secondary N) is 1. The van der Waals surface area contributed by atoms with Gasteiger partial charge in [-0.2, -0.15) is 11.8 Å². The van der Waals surface area contributed by atoms with E-state index in [9.17, 15) is 10.1 Å². The Morgan fingerprint density at radius 3 is 2.79 bits per heavy atom. The molecule has 1 aromatic rings. The van der Waals surface area contributed by atoms with E-state index in [1.165, 1.54) is 6.07 Å². The van der Waals surface area contributed by atoms with Crippen LogP contribution in [0, 0.1) is 10.1 Å². The number of ether oxygens (including phenoxy) is 1. The highest BCUT2D eigenvalue weighted by atomic mass is 32.2. The van der Waals surface area contributed by atoms with Gasteiger partial charge < -0.3 is 10.1 Å². The standard InChI is InChI=1S/C13H20N2O3S/c1-4-11(9-19-3)14-8-10-7-12(15(16)17)5-6-13(10)18-2/h5-7,11,14H,4,8-9H2,1-3H3. The van der Waals surface area contributed by atoms with Gasteiger partial charge in [-0.1, -0.05) is 6.92 Å². The van der Waals surface area contributed by atoms with Crippen LogP contribution in [-0.4, -0.2) is 30.1 Å². The summed E-state index contributed by atoms with van der Waals surface area (Å²) in [7, 11) is 1.57. The maximum atomic E-state index is 10.8. The molecule has 0 amide bonds. The van der Waals surface area contributed by atoms with Gasteiger partial charge in [0.05, 0.1) is 12.0 Å². The first-order valence-electron chi connectivity index (χ1n) is 6.16. The molecule has 0 aliphatic carbocycles. The molecule has 0 fully saturated rings. The number of hydrogen-bond acceptors (Lipinski definition) is 5. The second-order valence-corrected chi connectivity index (χ2v) is 5.11. The van der Waals surface area contributed by atoms with Gasteiger partial charge in [0, 0.05) is 36.0 Å². The van der Waals surface area contributed by atoms with Crippen LogP contribution in [0.15, 0.2) is 18.2 Å². The summed E-state index contributed by atoms with van der Waals surface area (Å²) < 4.78 is 5.24. The smallest absolute Gasteiger partial charge is 0.270 e. The van der Waals surface area contributed by atoms with E-state index in [4.69, 9.17) is 4.74 Å². The molecule has 0 heterocycles. The van der Waals surface area contributed by atoms with E-state index >= 15 is 0 Å². The Labute approximate surface area is 117 Å². The van der Waals surface area contributed by atoms with Gasteiger partial charge in [-0.05, 0) is 18.7 Å². The molecule has 1 unspecified atom stereocenters. The Balaban J connectivity index is 2.79. The lowest BCUT2D eigenvalue weighted by Crippen LogP contribution is -2.30. The van der Waals surface area contributed by atoms with E-state index in [1.807, 2.05) is 0 Å². The van der Waals surface area contributed by atoms with Crippen LogP contribution in [0.4, 0.5) is 5.69 Å². The molecule has 0 aliphatic rings. The predicted octanol–water partition coefficient (Wildman–Crippen LogP) is 2.83. The molecule has 0 aromatic heterocycles. The fourth-order valence-corrected chi connectivity index (χ4v) is 2.55. The van der Waals surface area contributed by atoms with Crippen molar-refractivity contribution in [2.24, 2.45) is 0 Å². The summed E-state index contributed by atoms with van der Waals surface area (Å²) >= 11 is 1.79. The number of methoxy groups -OCH3 is 1. The topological polar surface area (TPSA) is 64.4 Å². The molecule has 0 bridgehead atoms. The van der Waals surface area contributed by atoms with E-state index in [2.05, 4.69) is 18.5 Å². The third-order valence-electron chi connectivity index (χ3n) is 2.92.